The molecule has 0 atom stereocenters. The van der Waals surface area contributed by atoms with Gasteiger partial charge in [-0.25, -0.2) is 4.98 Å². The summed E-state index contributed by atoms with van der Waals surface area (Å²) in [6.45, 7) is 2.55. The Morgan fingerprint density at radius 3 is 2.54 bits per heavy atom. The molecule has 0 spiro atoms. The molecule has 0 radical (unpaired) electrons. The van der Waals surface area contributed by atoms with Crippen LogP contribution >= 0.6 is 11.3 Å². The van der Waals surface area contributed by atoms with Crippen molar-refractivity contribution in [1.82, 2.24) is 15.2 Å². The van der Waals surface area contributed by atoms with Gasteiger partial charge in [-0.3, -0.25) is 4.79 Å². The summed E-state index contributed by atoms with van der Waals surface area (Å²) in [4.78, 5) is 21.4. The van der Waals surface area contributed by atoms with Gasteiger partial charge >= 0.3 is 0 Å². The fourth-order valence-electron chi connectivity index (χ4n) is 5.39. The summed E-state index contributed by atoms with van der Waals surface area (Å²) >= 11 is 1.60. The van der Waals surface area contributed by atoms with Gasteiger partial charge in [-0.1, -0.05) is 24.3 Å². The van der Waals surface area contributed by atoms with Crippen LogP contribution in [0.2, 0.25) is 0 Å². The summed E-state index contributed by atoms with van der Waals surface area (Å²) in [5, 5.41) is 4.57. The Morgan fingerprint density at radius 1 is 1.11 bits per heavy atom. The van der Waals surface area contributed by atoms with Crippen molar-refractivity contribution in [2.45, 2.75) is 51.2 Å². The first-order chi connectivity index (χ1) is 18.0. The van der Waals surface area contributed by atoms with Crippen molar-refractivity contribution < 1.29 is 9.53 Å². The zero-order valence-corrected chi connectivity index (χ0v) is 22.5. The number of amides is 1. The number of hydrogen-bond acceptors (Lipinski definition) is 6. The number of pyridine rings is 1. The second kappa shape index (κ2) is 10.9. The number of nitrogens with one attached hydrogen (secondary N) is 1. The molecular formula is C30H34N4O2S. The minimum atomic E-state index is 0.105. The van der Waals surface area contributed by atoms with Crippen LogP contribution in [0.5, 0.6) is 5.75 Å². The Kier molecular flexibility index (Phi) is 7.44. The molecule has 1 aliphatic carbocycles. The van der Waals surface area contributed by atoms with Crippen LogP contribution in [0.1, 0.15) is 46.5 Å². The number of aromatic nitrogens is 1. The van der Waals surface area contributed by atoms with Crippen molar-refractivity contribution in [2.24, 2.45) is 0 Å². The molecule has 2 heterocycles. The zero-order valence-electron chi connectivity index (χ0n) is 21.7. The summed E-state index contributed by atoms with van der Waals surface area (Å²) in [5.74, 6) is 1.38. The van der Waals surface area contributed by atoms with Gasteiger partial charge in [-0.15, -0.1) is 11.3 Å². The molecule has 4 aromatic rings. The van der Waals surface area contributed by atoms with Gasteiger partial charge in [0.25, 0.3) is 5.91 Å². The standard InChI is InChI=1S/C30H34N4O2S/c1-19-25-6-4-5-7-27(25)37-29(19)30(35)34(24-12-10-23(32-2)11-13-24)18-22-16-20(8-14-26(22)36-3)21-9-15-28(31)33-17-21/h4-9,14-17,23-24,32H,10-13,18H2,1-3H3,(H2,31,33). The highest BCUT2D eigenvalue weighted by molar-refractivity contribution is 7.21. The van der Waals surface area contributed by atoms with Crippen LogP contribution in [0.3, 0.4) is 0 Å². The van der Waals surface area contributed by atoms with E-state index in [0.29, 0.717) is 18.4 Å². The summed E-state index contributed by atoms with van der Waals surface area (Å²) < 4.78 is 6.90. The minimum absolute atomic E-state index is 0.105. The number of nitrogens with zero attached hydrogens (tertiary/aromatic N) is 2. The number of benzene rings is 2. The van der Waals surface area contributed by atoms with E-state index in [2.05, 4.69) is 40.3 Å². The lowest BCUT2D eigenvalue weighted by Gasteiger charge is -2.37. The molecule has 1 aliphatic rings. The first-order valence-corrected chi connectivity index (χ1v) is 13.6. The zero-order chi connectivity index (χ0) is 25.9. The fraction of sp³-hybridized carbons (Fsp3) is 0.333. The monoisotopic (exact) mass is 514 g/mol. The summed E-state index contributed by atoms with van der Waals surface area (Å²) in [5.41, 5.74) is 9.85. The summed E-state index contributed by atoms with van der Waals surface area (Å²) in [7, 11) is 3.71. The van der Waals surface area contributed by atoms with Crippen molar-refractivity contribution in [1.29, 1.82) is 0 Å². The summed E-state index contributed by atoms with van der Waals surface area (Å²) in [6, 6.07) is 18.8. The predicted octanol–water partition coefficient (Wildman–Crippen LogP) is 6.04. The second-order valence-corrected chi connectivity index (χ2v) is 10.8. The Labute approximate surface area is 222 Å². The highest BCUT2D eigenvalue weighted by atomic mass is 32.1. The number of carbonyl (C=O) groups excluding carboxylic acids is 1. The predicted molar refractivity (Wildman–Crippen MR) is 152 cm³/mol. The number of anilines is 1. The van der Waals surface area contributed by atoms with Crippen LogP contribution < -0.4 is 15.8 Å². The first-order valence-electron chi connectivity index (χ1n) is 12.8. The van der Waals surface area contributed by atoms with Crippen molar-refractivity contribution in [2.75, 3.05) is 19.9 Å². The topological polar surface area (TPSA) is 80.5 Å². The number of nitrogen functional groups attached to an aromatic ring is 1. The first kappa shape index (κ1) is 25.2. The normalized spacial score (nSPS) is 17.6. The number of thiophene rings is 1. The number of hydrogen-bond donors (Lipinski definition) is 2. The Morgan fingerprint density at radius 2 is 1.86 bits per heavy atom. The molecule has 0 saturated heterocycles. The number of methoxy groups -OCH3 is 1. The molecule has 6 nitrogen and oxygen atoms in total. The minimum Gasteiger partial charge on any atom is -0.496 e. The molecule has 2 aromatic heterocycles. The number of fused-ring (bicyclic) bond motifs is 1. The molecule has 2 aromatic carbocycles. The smallest absolute Gasteiger partial charge is 0.264 e. The largest absolute Gasteiger partial charge is 0.496 e. The highest BCUT2D eigenvalue weighted by Crippen LogP contribution is 2.35. The maximum Gasteiger partial charge on any atom is 0.264 e. The number of rotatable bonds is 7. The number of carbonyl (C=O) groups is 1. The van der Waals surface area contributed by atoms with Crippen LogP contribution in [0.4, 0.5) is 5.82 Å². The van der Waals surface area contributed by atoms with E-state index in [9.17, 15) is 4.79 Å². The van der Waals surface area contributed by atoms with E-state index >= 15 is 0 Å². The average Bonchev–Trinajstić information content (AvgIpc) is 3.28. The van der Waals surface area contributed by atoms with E-state index in [4.69, 9.17) is 10.5 Å². The van der Waals surface area contributed by atoms with Gasteiger partial charge in [-0.2, -0.15) is 0 Å². The van der Waals surface area contributed by atoms with Gasteiger partial charge in [0.05, 0.1) is 12.0 Å². The van der Waals surface area contributed by atoms with Gasteiger partial charge in [-0.05, 0) is 86.5 Å². The molecule has 0 aliphatic heterocycles. The molecule has 192 valence electrons. The lowest BCUT2D eigenvalue weighted by molar-refractivity contribution is 0.0604. The van der Waals surface area contributed by atoms with Gasteiger partial charge in [0, 0.05) is 40.7 Å². The van der Waals surface area contributed by atoms with Crippen molar-refractivity contribution >= 4 is 33.1 Å². The lowest BCUT2D eigenvalue weighted by Crippen LogP contribution is -2.44. The molecule has 1 saturated carbocycles. The number of aryl methyl sites for hydroxylation is 1. The molecule has 0 bridgehead atoms. The number of nitrogens with two attached hydrogens (primary N) is 1. The van der Waals surface area contributed by atoms with Crippen molar-refractivity contribution in [3.05, 3.63) is 76.8 Å². The van der Waals surface area contributed by atoms with Gasteiger partial charge in [0.15, 0.2) is 0 Å². The Balaban J connectivity index is 1.52. The molecular weight excluding hydrogens is 480 g/mol. The van der Waals surface area contributed by atoms with Crippen molar-refractivity contribution in [3.8, 4) is 16.9 Å². The van der Waals surface area contributed by atoms with Crippen LogP contribution in [0.25, 0.3) is 21.2 Å². The highest BCUT2D eigenvalue weighted by Gasteiger charge is 2.31. The van der Waals surface area contributed by atoms with Crippen LogP contribution in [-0.4, -0.2) is 42.0 Å². The van der Waals surface area contributed by atoms with Crippen LogP contribution in [-0.2, 0) is 6.54 Å². The van der Waals surface area contributed by atoms with E-state index in [1.807, 2.05) is 37.4 Å². The average molecular weight is 515 g/mol. The fourth-order valence-corrected chi connectivity index (χ4v) is 6.56. The third-order valence-electron chi connectivity index (χ3n) is 7.59. The van der Waals surface area contributed by atoms with E-state index < -0.39 is 0 Å². The van der Waals surface area contributed by atoms with Gasteiger partial charge in [0.2, 0.25) is 0 Å². The SMILES string of the molecule is CNC1CCC(N(Cc2cc(-c3ccc(N)nc3)ccc2OC)C(=O)c2sc3ccccc3c2C)CC1. The molecule has 37 heavy (non-hydrogen) atoms. The van der Waals surface area contributed by atoms with E-state index in [-0.39, 0.29) is 11.9 Å². The van der Waals surface area contributed by atoms with E-state index in [1.54, 1.807) is 30.7 Å². The molecule has 1 fully saturated rings. The quantitative estimate of drug-likeness (QED) is 0.314. The van der Waals surface area contributed by atoms with Gasteiger partial charge < -0.3 is 20.7 Å². The van der Waals surface area contributed by atoms with E-state index in [0.717, 1.165) is 68.6 Å². The molecule has 1 amide bonds. The maximum atomic E-state index is 14.2. The van der Waals surface area contributed by atoms with Crippen molar-refractivity contribution in [3.63, 3.8) is 0 Å². The molecule has 5 rings (SSSR count). The maximum absolute atomic E-state index is 14.2. The lowest BCUT2D eigenvalue weighted by atomic mass is 9.89. The third kappa shape index (κ3) is 5.20. The van der Waals surface area contributed by atoms with E-state index in [1.165, 1.54) is 0 Å². The Hall–Kier alpha value is -3.42. The third-order valence-corrected chi connectivity index (χ3v) is 8.85. The second-order valence-electron chi connectivity index (χ2n) is 9.78. The van der Waals surface area contributed by atoms with Gasteiger partial charge in [0.1, 0.15) is 11.6 Å². The van der Waals surface area contributed by atoms with Crippen LogP contribution in [0.15, 0.2) is 60.8 Å². The number of ether oxygens (including phenoxy) is 1. The summed E-state index contributed by atoms with van der Waals surface area (Å²) in [6.07, 6.45) is 5.86. The molecule has 0 unspecified atom stereocenters. The molecule has 3 N–H and O–H groups in total. The molecule has 7 heteroatoms. The van der Waals surface area contributed by atoms with Crippen LogP contribution in [0, 0.1) is 6.92 Å². The Bertz CT molecular complexity index is 1390.